The number of aliphatic hydroxyl groups excluding tert-OH is 1. The lowest BCUT2D eigenvalue weighted by Gasteiger charge is -2.22. The number of aromatic nitrogens is 1. The van der Waals surface area contributed by atoms with Gasteiger partial charge in [0.05, 0.1) is 5.69 Å². The third-order valence-corrected chi connectivity index (χ3v) is 4.52. The molecule has 3 N–H and O–H groups in total. The summed E-state index contributed by atoms with van der Waals surface area (Å²) in [5.74, 6) is 0.271. The van der Waals surface area contributed by atoms with E-state index in [2.05, 4.69) is 22.4 Å². The van der Waals surface area contributed by atoms with Crippen LogP contribution in [0.15, 0.2) is 54.6 Å². The van der Waals surface area contributed by atoms with Crippen molar-refractivity contribution in [1.29, 1.82) is 0 Å². The summed E-state index contributed by atoms with van der Waals surface area (Å²) in [5.41, 5.74) is 2.46. The minimum atomic E-state index is -0.854. The molecule has 2 aromatic carbocycles. The summed E-state index contributed by atoms with van der Waals surface area (Å²) in [4.78, 5) is 3.10. The number of rotatable bonds is 5. The Balaban J connectivity index is 1.60. The summed E-state index contributed by atoms with van der Waals surface area (Å²) in [7, 11) is 0. The van der Waals surface area contributed by atoms with E-state index in [9.17, 15) is 9.50 Å². The highest BCUT2D eigenvalue weighted by atomic mass is 19.1. The van der Waals surface area contributed by atoms with Crippen molar-refractivity contribution >= 4 is 10.9 Å². The van der Waals surface area contributed by atoms with Crippen molar-refractivity contribution in [1.82, 2.24) is 10.3 Å². The van der Waals surface area contributed by atoms with Crippen molar-refractivity contribution in [3.8, 4) is 0 Å². The normalized spacial score (nSPS) is 17.3. The fraction of sp³-hybridized carbons (Fsp3) is 0.263. The minimum absolute atomic E-state index is 0.113. The SMILES string of the molecule is OC(NC(c1ccccc1)C1CC1)c1cc2c(F)cccc2[nH]1. The molecular formula is C19H19FN2O. The van der Waals surface area contributed by atoms with Crippen molar-refractivity contribution in [2.45, 2.75) is 25.1 Å². The lowest BCUT2D eigenvalue weighted by Crippen LogP contribution is -2.28. The molecule has 1 fully saturated rings. The standard InChI is InChI=1S/C19H19FN2O/c20-15-7-4-8-16-14(15)11-17(21-16)19(23)22-18(13-9-10-13)12-5-2-1-3-6-12/h1-8,11,13,18-19,21-23H,9-10H2. The lowest BCUT2D eigenvalue weighted by molar-refractivity contribution is 0.115. The van der Waals surface area contributed by atoms with E-state index in [4.69, 9.17) is 0 Å². The van der Waals surface area contributed by atoms with E-state index in [0.717, 1.165) is 0 Å². The average molecular weight is 310 g/mol. The number of aromatic amines is 1. The van der Waals surface area contributed by atoms with Crippen molar-refractivity contribution in [3.63, 3.8) is 0 Å². The number of aliphatic hydroxyl groups is 1. The number of H-pyrrole nitrogens is 1. The fourth-order valence-corrected chi connectivity index (χ4v) is 3.14. The highest BCUT2D eigenvalue weighted by Crippen LogP contribution is 2.42. The molecule has 0 bridgehead atoms. The van der Waals surface area contributed by atoms with E-state index in [-0.39, 0.29) is 11.9 Å². The second-order valence-corrected chi connectivity index (χ2v) is 6.22. The first-order valence-electron chi connectivity index (χ1n) is 7.98. The van der Waals surface area contributed by atoms with E-state index in [0.29, 0.717) is 22.5 Å². The van der Waals surface area contributed by atoms with Gasteiger partial charge in [0.25, 0.3) is 0 Å². The number of halogens is 1. The van der Waals surface area contributed by atoms with Gasteiger partial charge in [-0.2, -0.15) is 0 Å². The Kier molecular flexibility index (Phi) is 3.63. The van der Waals surface area contributed by atoms with Crippen molar-refractivity contribution in [3.05, 3.63) is 71.7 Å². The van der Waals surface area contributed by atoms with Gasteiger partial charge in [-0.05, 0) is 42.5 Å². The predicted octanol–water partition coefficient (Wildman–Crippen LogP) is 4.04. The number of hydrogen-bond donors (Lipinski definition) is 3. The average Bonchev–Trinajstić information content (AvgIpc) is 3.31. The van der Waals surface area contributed by atoms with E-state index in [1.165, 1.54) is 24.5 Å². The van der Waals surface area contributed by atoms with Crippen LogP contribution in [0.4, 0.5) is 4.39 Å². The van der Waals surface area contributed by atoms with E-state index < -0.39 is 6.23 Å². The maximum atomic E-state index is 13.8. The fourth-order valence-electron chi connectivity index (χ4n) is 3.14. The van der Waals surface area contributed by atoms with Crippen LogP contribution in [-0.4, -0.2) is 10.1 Å². The highest BCUT2D eigenvalue weighted by Gasteiger charge is 2.33. The number of benzene rings is 2. The molecule has 2 unspecified atom stereocenters. The molecule has 118 valence electrons. The summed E-state index contributed by atoms with van der Waals surface area (Å²) >= 11 is 0. The van der Waals surface area contributed by atoms with Crippen LogP contribution in [0.3, 0.4) is 0 Å². The van der Waals surface area contributed by atoms with Gasteiger partial charge < -0.3 is 10.1 Å². The molecule has 23 heavy (non-hydrogen) atoms. The van der Waals surface area contributed by atoms with Gasteiger partial charge in [-0.1, -0.05) is 36.4 Å². The molecule has 1 aromatic heterocycles. The molecule has 4 rings (SSSR count). The molecule has 0 amide bonds. The van der Waals surface area contributed by atoms with Gasteiger partial charge in [0, 0.05) is 16.9 Å². The molecule has 0 radical (unpaired) electrons. The van der Waals surface area contributed by atoms with Gasteiger partial charge in [0.2, 0.25) is 0 Å². The van der Waals surface area contributed by atoms with Crippen molar-refractivity contribution in [2.24, 2.45) is 5.92 Å². The van der Waals surface area contributed by atoms with Crippen LogP contribution in [0.25, 0.3) is 10.9 Å². The summed E-state index contributed by atoms with van der Waals surface area (Å²) in [6.07, 6.45) is 1.48. The zero-order chi connectivity index (χ0) is 15.8. The van der Waals surface area contributed by atoms with Crippen molar-refractivity contribution < 1.29 is 9.50 Å². The predicted molar refractivity (Wildman–Crippen MR) is 88.3 cm³/mol. The zero-order valence-electron chi connectivity index (χ0n) is 12.7. The van der Waals surface area contributed by atoms with Crippen LogP contribution in [0.1, 0.15) is 36.4 Å². The van der Waals surface area contributed by atoms with Crippen LogP contribution < -0.4 is 5.32 Å². The molecule has 3 aromatic rings. The van der Waals surface area contributed by atoms with Crippen LogP contribution in [0.2, 0.25) is 0 Å². The van der Waals surface area contributed by atoms with E-state index >= 15 is 0 Å². The van der Waals surface area contributed by atoms with Gasteiger partial charge in [-0.3, -0.25) is 5.32 Å². The third-order valence-electron chi connectivity index (χ3n) is 4.52. The van der Waals surface area contributed by atoms with Crippen LogP contribution in [0, 0.1) is 11.7 Å². The Hall–Kier alpha value is -2.17. The molecule has 0 spiro atoms. The third kappa shape index (κ3) is 2.87. The summed E-state index contributed by atoms with van der Waals surface area (Å²) in [5, 5.41) is 14.4. The molecule has 1 aliphatic carbocycles. The van der Waals surface area contributed by atoms with Crippen LogP contribution >= 0.6 is 0 Å². The van der Waals surface area contributed by atoms with E-state index in [1.54, 1.807) is 12.1 Å². The molecule has 2 atom stereocenters. The largest absolute Gasteiger partial charge is 0.373 e. The molecule has 0 saturated heterocycles. The molecule has 1 heterocycles. The molecule has 0 aliphatic heterocycles. The molecular weight excluding hydrogens is 291 g/mol. The Bertz CT molecular complexity index is 811. The number of hydrogen-bond acceptors (Lipinski definition) is 2. The first kappa shape index (κ1) is 14.4. The monoisotopic (exact) mass is 310 g/mol. The first-order valence-corrected chi connectivity index (χ1v) is 7.98. The highest BCUT2D eigenvalue weighted by molar-refractivity contribution is 5.81. The van der Waals surface area contributed by atoms with Gasteiger partial charge in [0.15, 0.2) is 0 Å². The summed E-state index contributed by atoms with van der Waals surface area (Å²) in [6, 6.07) is 16.9. The maximum absolute atomic E-state index is 13.8. The van der Waals surface area contributed by atoms with Gasteiger partial charge >= 0.3 is 0 Å². The second kappa shape index (κ2) is 5.80. The van der Waals surface area contributed by atoms with Crippen LogP contribution in [0.5, 0.6) is 0 Å². The second-order valence-electron chi connectivity index (χ2n) is 6.22. The van der Waals surface area contributed by atoms with E-state index in [1.807, 2.05) is 24.3 Å². The van der Waals surface area contributed by atoms with Crippen molar-refractivity contribution in [2.75, 3.05) is 0 Å². The zero-order valence-corrected chi connectivity index (χ0v) is 12.7. The summed E-state index contributed by atoms with van der Waals surface area (Å²) < 4.78 is 13.8. The Morgan fingerprint density at radius 2 is 1.87 bits per heavy atom. The number of nitrogens with one attached hydrogen (secondary N) is 2. The Morgan fingerprint density at radius 3 is 2.57 bits per heavy atom. The topological polar surface area (TPSA) is 48.0 Å². The minimum Gasteiger partial charge on any atom is -0.373 e. The first-order chi connectivity index (χ1) is 11.2. The lowest BCUT2D eigenvalue weighted by atomic mass is 10.0. The Morgan fingerprint density at radius 1 is 1.09 bits per heavy atom. The maximum Gasteiger partial charge on any atom is 0.146 e. The van der Waals surface area contributed by atoms with Gasteiger partial charge in [-0.25, -0.2) is 4.39 Å². The smallest absolute Gasteiger partial charge is 0.146 e. The number of fused-ring (bicyclic) bond motifs is 1. The summed E-state index contributed by atoms with van der Waals surface area (Å²) in [6.45, 7) is 0. The molecule has 3 nitrogen and oxygen atoms in total. The van der Waals surface area contributed by atoms with Crippen LogP contribution in [-0.2, 0) is 0 Å². The molecule has 4 heteroatoms. The molecule has 1 aliphatic rings. The van der Waals surface area contributed by atoms with Gasteiger partial charge in [0.1, 0.15) is 12.0 Å². The quantitative estimate of drug-likeness (QED) is 0.623. The Labute approximate surface area is 134 Å². The molecule has 1 saturated carbocycles. The van der Waals surface area contributed by atoms with Gasteiger partial charge in [-0.15, -0.1) is 0 Å².